The Morgan fingerprint density at radius 1 is 1.17 bits per heavy atom. The molecule has 2 nitrogen and oxygen atoms in total. The van der Waals surface area contributed by atoms with E-state index in [2.05, 4.69) is 4.74 Å². The molecule has 1 N–H and O–H groups in total. The Hall–Kier alpha value is -1.23. The average Bonchev–Trinajstić information content (AvgIpc) is 2.25. The number of hydrogen-bond donors (Lipinski definition) is 1. The van der Waals surface area contributed by atoms with Crippen molar-refractivity contribution in [3.8, 4) is 5.75 Å². The maximum Gasteiger partial charge on any atom is 0.573 e. The highest BCUT2D eigenvalue weighted by molar-refractivity contribution is 5.27. The summed E-state index contributed by atoms with van der Waals surface area (Å²) in [6.45, 7) is 4.07. The Morgan fingerprint density at radius 3 is 2.11 bits per heavy atom. The third-order valence-corrected chi connectivity index (χ3v) is 2.83. The fourth-order valence-electron chi connectivity index (χ4n) is 1.64. The molecular weight excluding hydrogens is 245 g/mol. The van der Waals surface area contributed by atoms with Crippen LogP contribution in [-0.4, -0.2) is 18.1 Å². The van der Waals surface area contributed by atoms with Crippen LogP contribution in [0.2, 0.25) is 0 Å². The zero-order chi connectivity index (χ0) is 13.8. The van der Waals surface area contributed by atoms with Crippen molar-refractivity contribution in [3.63, 3.8) is 0 Å². The summed E-state index contributed by atoms with van der Waals surface area (Å²) in [5.74, 6) is 0.205. The fourth-order valence-corrected chi connectivity index (χ4v) is 1.64. The van der Waals surface area contributed by atoms with Gasteiger partial charge in [0.2, 0.25) is 0 Å². The van der Waals surface area contributed by atoms with Gasteiger partial charge in [-0.15, -0.1) is 13.2 Å². The molecule has 1 rings (SSSR count). The highest BCUT2D eigenvalue weighted by Gasteiger charge is 2.30. The second-order valence-electron chi connectivity index (χ2n) is 4.58. The lowest BCUT2D eigenvalue weighted by molar-refractivity contribution is -0.274. The van der Waals surface area contributed by atoms with E-state index in [1.807, 2.05) is 13.8 Å². The van der Waals surface area contributed by atoms with Crippen LogP contribution in [0.4, 0.5) is 13.2 Å². The van der Waals surface area contributed by atoms with Gasteiger partial charge >= 0.3 is 6.36 Å². The van der Waals surface area contributed by atoms with Gasteiger partial charge in [0.15, 0.2) is 0 Å². The Balaban J connectivity index is 2.65. The van der Waals surface area contributed by atoms with E-state index in [0.29, 0.717) is 12.3 Å². The van der Waals surface area contributed by atoms with Crippen LogP contribution in [0.15, 0.2) is 24.3 Å². The summed E-state index contributed by atoms with van der Waals surface area (Å²) in [6.07, 6.45) is -4.02. The van der Waals surface area contributed by atoms with Crippen LogP contribution in [0.5, 0.6) is 5.75 Å². The summed E-state index contributed by atoms with van der Waals surface area (Å²) in [5.41, 5.74) is 0.886. The summed E-state index contributed by atoms with van der Waals surface area (Å²) in [6, 6.07) is 5.76. The SMILES string of the molecule is CC(C)C(CO)Cc1ccc(OC(F)(F)F)cc1. The molecule has 1 aromatic rings. The van der Waals surface area contributed by atoms with Crippen LogP contribution in [0, 0.1) is 11.8 Å². The summed E-state index contributed by atoms with van der Waals surface area (Å²) >= 11 is 0. The first kappa shape index (κ1) is 14.8. The molecule has 0 saturated carbocycles. The highest BCUT2D eigenvalue weighted by Crippen LogP contribution is 2.24. The van der Waals surface area contributed by atoms with Crippen molar-refractivity contribution in [1.29, 1.82) is 0 Å². The molecule has 18 heavy (non-hydrogen) atoms. The Kier molecular flexibility index (Phi) is 5.02. The summed E-state index contributed by atoms with van der Waals surface area (Å²) in [5, 5.41) is 9.19. The van der Waals surface area contributed by atoms with Gasteiger partial charge in [-0.05, 0) is 36.0 Å². The lowest BCUT2D eigenvalue weighted by Crippen LogP contribution is -2.17. The average molecular weight is 262 g/mol. The number of benzene rings is 1. The molecular formula is C13H17F3O2. The smallest absolute Gasteiger partial charge is 0.406 e. The Bertz CT molecular complexity index is 357. The molecule has 0 fully saturated rings. The van der Waals surface area contributed by atoms with Crippen molar-refractivity contribution in [3.05, 3.63) is 29.8 Å². The molecule has 1 aromatic carbocycles. The fraction of sp³-hybridized carbons (Fsp3) is 0.538. The quantitative estimate of drug-likeness (QED) is 0.881. The number of ether oxygens (including phenoxy) is 1. The first-order valence-corrected chi connectivity index (χ1v) is 5.77. The molecule has 0 aliphatic carbocycles. The topological polar surface area (TPSA) is 29.5 Å². The van der Waals surface area contributed by atoms with Crippen LogP contribution in [0.1, 0.15) is 19.4 Å². The van der Waals surface area contributed by atoms with Crippen molar-refractivity contribution in [1.82, 2.24) is 0 Å². The molecule has 102 valence electrons. The predicted octanol–water partition coefficient (Wildman–Crippen LogP) is 3.39. The van der Waals surface area contributed by atoms with Gasteiger partial charge in [0.1, 0.15) is 5.75 Å². The number of alkyl halides is 3. The molecule has 0 aliphatic heterocycles. The number of aliphatic hydroxyl groups excluding tert-OH is 1. The van der Waals surface area contributed by atoms with E-state index >= 15 is 0 Å². The zero-order valence-corrected chi connectivity index (χ0v) is 10.4. The molecule has 0 aliphatic rings. The van der Waals surface area contributed by atoms with E-state index in [4.69, 9.17) is 0 Å². The molecule has 1 atom stereocenters. The molecule has 0 spiro atoms. The Labute approximate surface area is 104 Å². The zero-order valence-electron chi connectivity index (χ0n) is 10.4. The normalized spacial score (nSPS) is 13.7. The molecule has 0 heterocycles. The highest BCUT2D eigenvalue weighted by atomic mass is 19.4. The molecule has 0 bridgehead atoms. The van der Waals surface area contributed by atoms with E-state index < -0.39 is 6.36 Å². The van der Waals surface area contributed by atoms with E-state index in [0.717, 1.165) is 5.56 Å². The van der Waals surface area contributed by atoms with E-state index in [1.165, 1.54) is 12.1 Å². The van der Waals surface area contributed by atoms with Gasteiger partial charge in [-0.2, -0.15) is 0 Å². The summed E-state index contributed by atoms with van der Waals surface area (Å²) < 4.78 is 39.7. The minimum Gasteiger partial charge on any atom is -0.406 e. The third kappa shape index (κ3) is 4.96. The van der Waals surface area contributed by atoms with E-state index in [9.17, 15) is 18.3 Å². The van der Waals surface area contributed by atoms with Gasteiger partial charge in [0.25, 0.3) is 0 Å². The van der Waals surface area contributed by atoms with Gasteiger partial charge in [0.05, 0.1) is 0 Å². The third-order valence-electron chi connectivity index (χ3n) is 2.83. The Morgan fingerprint density at radius 2 is 1.72 bits per heavy atom. The molecule has 0 amide bonds. The maximum atomic E-state index is 12.0. The van der Waals surface area contributed by atoms with Crippen molar-refractivity contribution in [2.45, 2.75) is 26.6 Å². The summed E-state index contributed by atoms with van der Waals surface area (Å²) in [7, 11) is 0. The maximum absolute atomic E-state index is 12.0. The minimum atomic E-state index is -4.66. The number of aliphatic hydroxyl groups is 1. The second kappa shape index (κ2) is 6.09. The van der Waals surface area contributed by atoms with Crippen LogP contribution in [0.25, 0.3) is 0 Å². The van der Waals surface area contributed by atoms with Crippen molar-refractivity contribution < 1.29 is 23.0 Å². The summed E-state index contributed by atoms with van der Waals surface area (Å²) in [4.78, 5) is 0. The second-order valence-corrected chi connectivity index (χ2v) is 4.58. The van der Waals surface area contributed by atoms with Gasteiger partial charge < -0.3 is 9.84 Å². The molecule has 0 radical (unpaired) electrons. The first-order valence-electron chi connectivity index (χ1n) is 5.77. The first-order chi connectivity index (χ1) is 8.31. The monoisotopic (exact) mass is 262 g/mol. The molecule has 0 aromatic heterocycles. The van der Waals surface area contributed by atoms with Crippen LogP contribution in [0.3, 0.4) is 0 Å². The number of hydrogen-bond acceptors (Lipinski definition) is 2. The van der Waals surface area contributed by atoms with Gasteiger partial charge in [-0.25, -0.2) is 0 Å². The van der Waals surface area contributed by atoms with Crippen LogP contribution >= 0.6 is 0 Å². The largest absolute Gasteiger partial charge is 0.573 e. The van der Waals surface area contributed by atoms with Crippen LogP contribution in [-0.2, 0) is 6.42 Å². The lowest BCUT2D eigenvalue weighted by Gasteiger charge is -2.18. The van der Waals surface area contributed by atoms with Gasteiger partial charge in [-0.1, -0.05) is 26.0 Å². The van der Waals surface area contributed by atoms with Crippen molar-refractivity contribution in [2.24, 2.45) is 11.8 Å². The van der Waals surface area contributed by atoms with Crippen LogP contribution < -0.4 is 4.74 Å². The lowest BCUT2D eigenvalue weighted by atomic mass is 9.90. The predicted molar refractivity (Wildman–Crippen MR) is 62.2 cm³/mol. The van der Waals surface area contributed by atoms with Gasteiger partial charge in [0, 0.05) is 6.61 Å². The molecule has 5 heteroatoms. The standard InChI is InChI=1S/C13H17F3O2/c1-9(2)11(8-17)7-10-3-5-12(6-4-10)18-13(14,15)16/h3-6,9,11,17H,7-8H2,1-2H3. The minimum absolute atomic E-state index is 0.0679. The van der Waals surface area contributed by atoms with Crippen molar-refractivity contribution in [2.75, 3.05) is 6.61 Å². The number of rotatable bonds is 5. The van der Waals surface area contributed by atoms with E-state index in [-0.39, 0.29) is 18.3 Å². The van der Waals surface area contributed by atoms with Gasteiger partial charge in [-0.3, -0.25) is 0 Å². The van der Waals surface area contributed by atoms with E-state index in [1.54, 1.807) is 12.1 Å². The van der Waals surface area contributed by atoms with Crippen molar-refractivity contribution >= 4 is 0 Å². The number of halogens is 3. The molecule has 1 unspecified atom stereocenters. The molecule has 0 saturated heterocycles.